The zero-order valence-corrected chi connectivity index (χ0v) is 23.1. The van der Waals surface area contributed by atoms with E-state index in [0.717, 1.165) is 0 Å². The van der Waals surface area contributed by atoms with Gasteiger partial charge in [0, 0.05) is 0 Å². The summed E-state index contributed by atoms with van der Waals surface area (Å²) in [5.41, 5.74) is 4.78. The Bertz CT molecular complexity index is 1130. The number of hydrogen-bond donors (Lipinski definition) is 0. The zero-order chi connectivity index (χ0) is 24.4. The normalized spacial score (nSPS) is 11.8. The predicted molar refractivity (Wildman–Crippen MR) is 154 cm³/mol. The van der Waals surface area contributed by atoms with Crippen LogP contribution < -0.4 is 10.4 Å². The second-order valence-corrected chi connectivity index (χ2v) is 11.7. The van der Waals surface area contributed by atoms with E-state index in [2.05, 4.69) is 121 Å². The van der Waals surface area contributed by atoms with E-state index in [1.54, 1.807) is 0 Å². The van der Waals surface area contributed by atoms with E-state index in [4.69, 9.17) is 8.85 Å². The summed E-state index contributed by atoms with van der Waals surface area (Å²) in [6.45, 7) is 0. The van der Waals surface area contributed by atoms with E-state index in [-0.39, 0.29) is 12.2 Å². The molecule has 0 bridgehead atoms. The van der Waals surface area contributed by atoms with Gasteiger partial charge in [0.15, 0.2) is 19.5 Å². The first-order valence-corrected chi connectivity index (χ1v) is 14.9. The van der Waals surface area contributed by atoms with Gasteiger partial charge in [-0.1, -0.05) is 146 Å². The molecule has 0 unspecified atom stereocenters. The van der Waals surface area contributed by atoms with Gasteiger partial charge in [-0.2, -0.15) is 0 Å². The lowest BCUT2D eigenvalue weighted by Gasteiger charge is -2.20. The first kappa shape index (κ1) is 24.2. The highest BCUT2D eigenvalue weighted by Gasteiger charge is 2.16. The third-order valence-corrected chi connectivity index (χ3v) is 8.88. The number of benzene rings is 5. The molecule has 0 amide bonds. The SMILES string of the molecule is c1ccc(C(O[SiH2]c2ccc([SiH2]OC(c3ccccc3)c3ccccc3)cc2)c2ccccc2)cc1. The second-order valence-electron chi connectivity index (χ2n) is 8.84. The molecule has 5 rings (SSSR count). The maximum absolute atomic E-state index is 6.57. The summed E-state index contributed by atoms with van der Waals surface area (Å²) in [6, 6.07) is 50.9. The maximum atomic E-state index is 6.57. The van der Waals surface area contributed by atoms with Crippen LogP contribution in [0, 0.1) is 0 Å². The van der Waals surface area contributed by atoms with Gasteiger partial charge in [0.05, 0.1) is 12.2 Å². The molecule has 0 N–H and O–H groups in total. The molecule has 36 heavy (non-hydrogen) atoms. The van der Waals surface area contributed by atoms with Crippen molar-refractivity contribution in [2.75, 3.05) is 0 Å². The van der Waals surface area contributed by atoms with Crippen LogP contribution >= 0.6 is 0 Å². The fourth-order valence-electron chi connectivity index (χ4n) is 4.37. The fourth-order valence-corrected chi connectivity index (χ4v) is 6.72. The average Bonchev–Trinajstić information content (AvgIpc) is 2.96. The Morgan fingerprint density at radius 2 is 0.583 bits per heavy atom. The van der Waals surface area contributed by atoms with Crippen molar-refractivity contribution in [2.45, 2.75) is 12.2 Å². The fraction of sp³-hybridized carbons (Fsp3) is 0.0625. The van der Waals surface area contributed by atoms with E-state index in [0.29, 0.717) is 0 Å². The molecule has 0 fully saturated rings. The molecule has 0 aliphatic rings. The molecule has 0 spiro atoms. The first-order valence-electron chi connectivity index (χ1n) is 12.4. The Hall–Kier alpha value is -3.55. The smallest absolute Gasteiger partial charge is 0.193 e. The molecule has 0 aliphatic heterocycles. The summed E-state index contributed by atoms with van der Waals surface area (Å²) in [5.74, 6) is 0. The number of rotatable bonds is 10. The lowest BCUT2D eigenvalue weighted by atomic mass is 10.0. The van der Waals surface area contributed by atoms with Crippen molar-refractivity contribution >= 4 is 29.9 Å². The van der Waals surface area contributed by atoms with E-state index < -0.39 is 19.5 Å². The topological polar surface area (TPSA) is 18.5 Å². The minimum absolute atomic E-state index is 0.0334. The maximum Gasteiger partial charge on any atom is 0.193 e. The largest absolute Gasteiger partial charge is 0.408 e. The monoisotopic (exact) mass is 502 g/mol. The Balaban J connectivity index is 1.25. The molecule has 2 nitrogen and oxygen atoms in total. The standard InChI is InChI=1S/C32H30O2Si2/c1-5-13-25(14-6-1)31(26-15-7-2-8-16-26)33-35-29-21-23-30(24-22-29)36-34-32(27-17-9-3-10-18-27)28-19-11-4-12-20-28/h1-24,31-32H,35-36H2. The van der Waals surface area contributed by atoms with Crippen molar-refractivity contribution in [1.82, 2.24) is 0 Å². The van der Waals surface area contributed by atoms with E-state index in [1.807, 2.05) is 24.3 Å². The van der Waals surface area contributed by atoms with Crippen LogP contribution in [0.2, 0.25) is 0 Å². The van der Waals surface area contributed by atoms with Crippen molar-refractivity contribution in [3.05, 3.63) is 168 Å². The molecule has 0 aliphatic carbocycles. The third kappa shape index (κ3) is 6.36. The molecule has 5 aromatic carbocycles. The van der Waals surface area contributed by atoms with Gasteiger partial charge in [-0.15, -0.1) is 0 Å². The lowest BCUT2D eigenvalue weighted by Crippen LogP contribution is -2.25. The van der Waals surface area contributed by atoms with Crippen LogP contribution in [-0.2, 0) is 8.85 Å². The molecule has 0 heterocycles. The van der Waals surface area contributed by atoms with E-state index in [9.17, 15) is 0 Å². The molecule has 0 saturated heterocycles. The van der Waals surface area contributed by atoms with Crippen LogP contribution in [0.5, 0.6) is 0 Å². The first-order chi connectivity index (χ1) is 17.9. The number of hydrogen-bond acceptors (Lipinski definition) is 2. The Labute approximate surface area is 218 Å². The van der Waals surface area contributed by atoms with Gasteiger partial charge in [-0.25, -0.2) is 0 Å². The van der Waals surface area contributed by atoms with Crippen LogP contribution in [0.4, 0.5) is 0 Å². The van der Waals surface area contributed by atoms with Crippen molar-refractivity contribution < 1.29 is 8.85 Å². The summed E-state index contributed by atoms with van der Waals surface area (Å²) in [7, 11) is -1.80. The van der Waals surface area contributed by atoms with Crippen LogP contribution in [0.25, 0.3) is 0 Å². The molecule has 0 aromatic heterocycles. The molecule has 5 aromatic rings. The van der Waals surface area contributed by atoms with E-state index >= 15 is 0 Å². The highest BCUT2D eigenvalue weighted by molar-refractivity contribution is 6.49. The molecular weight excluding hydrogens is 473 g/mol. The molecular formula is C32H30O2Si2. The summed E-state index contributed by atoms with van der Waals surface area (Å²) < 4.78 is 13.1. The summed E-state index contributed by atoms with van der Waals surface area (Å²) in [5, 5.41) is 2.60. The minimum atomic E-state index is -0.901. The minimum Gasteiger partial charge on any atom is -0.408 e. The zero-order valence-electron chi connectivity index (χ0n) is 20.2. The summed E-state index contributed by atoms with van der Waals surface area (Å²) in [4.78, 5) is 0. The molecule has 4 heteroatoms. The highest BCUT2D eigenvalue weighted by Crippen LogP contribution is 2.26. The summed E-state index contributed by atoms with van der Waals surface area (Å²) >= 11 is 0. The molecule has 178 valence electrons. The van der Waals surface area contributed by atoms with Crippen LogP contribution in [0.3, 0.4) is 0 Å². The van der Waals surface area contributed by atoms with Gasteiger partial charge >= 0.3 is 0 Å². The third-order valence-electron chi connectivity index (χ3n) is 6.27. The van der Waals surface area contributed by atoms with Gasteiger partial charge in [0.25, 0.3) is 0 Å². The summed E-state index contributed by atoms with van der Waals surface area (Å²) in [6.07, 6.45) is -0.0668. The van der Waals surface area contributed by atoms with Crippen LogP contribution in [0.1, 0.15) is 34.5 Å². The van der Waals surface area contributed by atoms with Gasteiger partial charge in [-0.3, -0.25) is 0 Å². The molecule has 0 radical (unpaired) electrons. The Kier molecular flexibility index (Phi) is 8.34. The predicted octanol–water partition coefficient (Wildman–Crippen LogP) is 4.72. The van der Waals surface area contributed by atoms with Crippen molar-refractivity contribution in [3.8, 4) is 0 Å². The second kappa shape index (κ2) is 12.4. The lowest BCUT2D eigenvalue weighted by molar-refractivity contribution is 0.266. The van der Waals surface area contributed by atoms with Gasteiger partial charge < -0.3 is 8.85 Å². The van der Waals surface area contributed by atoms with Gasteiger partial charge in [0.1, 0.15) is 0 Å². The van der Waals surface area contributed by atoms with Crippen molar-refractivity contribution in [2.24, 2.45) is 0 Å². The van der Waals surface area contributed by atoms with Crippen LogP contribution in [0.15, 0.2) is 146 Å². The van der Waals surface area contributed by atoms with Gasteiger partial charge in [0.2, 0.25) is 0 Å². The Morgan fingerprint density at radius 1 is 0.333 bits per heavy atom. The van der Waals surface area contributed by atoms with Gasteiger partial charge in [-0.05, 0) is 32.6 Å². The quantitative estimate of drug-likeness (QED) is 0.257. The van der Waals surface area contributed by atoms with Crippen molar-refractivity contribution in [1.29, 1.82) is 0 Å². The highest BCUT2D eigenvalue weighted by atomic mass is 28.2. The average molecular weight is 503 g/mol. The van der Waals surface area contributed by atoms with Crippen molar-refractivity contribution in [3.63, 3.8) is 0 Å². The van der Waals surface area contributed by atoms with Crippen LogP contribution in [-0.4, -0.2) is 19.5 Å². The Morgan fingerprint density at radius 3 is 0.833 bits per heavy atom. The molecule has 0 atom stereocenters. The molecule has 0 saturated carbocycles. The van der Waals surface area contributed by atoms with E-state index in [1.165, 1.54) is 32.6 Å².